The molecule has 0 aliphatic rings. The van der Waals surface area contributed by atoms with Gasteiger partial charge in [0.05, 0.1) is 11.3 Å². The largest absolute Gasteiger partial charge is 0.456 e. The average molecular weight is 418 g/mol. The van der Waals surface area contributed by atoms with Gasteiger partial charge in [0.15, 0.2) is 5.01 Å². The Morgan fingerprint density at radius 3 is 2.86 bits per heavy atom. The molecule has 1 atom stereocenters. The number of thiazole rings is 1. The second-order valence-electron chi connectivity index (χ2n) is 7.09. The van der Waals surface area contributed by atoms with Crippen LogP contribution in [0.5, 0.6) is 0 Å². The molecule has 0 fully saturated rings. The summed E-state index contributed by atoms with van der Waals surface area (Å²) in [5, 5.41) is 2.71. The topological polar surface area (TPSA) is 75.3 Å². The monoisotopic (exact) mass is 417 g/mol. The molecule has 3 rings (SSSR count). The van der Waals surface area contributed by atoms with Crippen LogP contribution in [-0.2, 0) is 9.53 Å². The van der Waals surface area contributed by atoms with E-state index in [1.165, 1.54) is 23.5 Å². The third kappa shape index (κ3) is 5.07. The Bertz CT molecular complexity index is 1010. The lowest BCUT2D eigenvalue weighted by molar-refractivity contribution is -0.150. The minimum Gasteiger partial charge on any atom is -0.456 e. The fourth-order valence-corrected chi connectivity index (χ4v) is 3.86. The van der Waals surface area contributed by atoms with Gasteiger partial charge in [-0.3, -0.25) is 9.59 Å². The molecule has 154 valence electrons. The summed E-state index contributed by atoms with van der Waals surface area (Å²) in [5.74, 6) is -0.877. The first-order valence-corrected chi connectivity index (χ1v) is 10.4. The van der Waals surface area contributed by atoms with Crippen LogP contribution in [0.3, 0.4) is 0 Å². The Hall–Kier alpha value is -2.58. The van der Waals surface area contributed by atoms with Crippen LogP contribution in [0.4, 0.5) is 4.39 Å². The number of ketones is 1. The van der Waals surface area contributed by atoms with Crippen molar-refractivity contribution in [2.45, 2.75) is 32.3 Å². The van der Waals surface area contributed by atoms with Crippen molar-refractivity contribution in [2.24, 2.45) is 0 Å². The number of aromatic amines is 1. The Kier molecular flexibility index (Phi) is 6.76. The van der Waals surface area contributed by atoms with Gasteiger partial charge in [-0.05, 0) is 51.7 Å². The van der Waals surface area contributed by atoms with Crippen molar-refractivity contribution in [2.75, 3.05) is 20.6 Å². The fraction of sp³-hybridized carbons (Fsp3) is 0.381. The number of esters is 1. The van der Waals surface area contributed by atoms with Crippen LogP contribution < -0.4 is 0 Å². The summed E-state index contributed by atoms with van der Waals surface area (Å²) in [6.07, 6.45) is 2.73. The van der Waals surface area contributed by atoms with Crippen LogP contribution >= 0.6 is 11.3 Å². The molecule has 1 aromatic carbocycles. The van der Waals surface area contributed by atoms with E-state index in [9.17, 15) is 14.0 Å². The number of aromatic nitrogens is 2. The third-order valence-electron chi connectivity index (χ3n) is 4.57. The number of fused-ring (bicyclic) bond motifs is 1. The average Bonchev–Trinajstić information content (AvgIpc) is 3.32. The van der Waals surface area contributed by atoms with Gasteiger partial charge >= 0.3 is 5.97 Å². The lowest BCUT2D eigenvalue weighted by Gasteiger charge is -2.14. The van der Waals surface area contributed by atoms with Crippen LogP contribution in [0.25, 0.3) is 10.9 Å². The van der Waals surface area contributed by atoms with E-state index in [2.05, 4.69) is 9.97 Å². The molecule has 0 amide bonds. The van der Waals surface area contributed by atoms with E-state index < -0.39 is 6.10 Å². The first-order chi connectivity index (χ1) is 13.9. The molecule has 0 radical (unpaired) electrons. The summed E-state index contributed by atoms with van der Waals surface area (Å²) in [4.78, 5) is 34.3. The molecule has 1 N–H and O–H groups in total. The zero-order chi connectivity index (χ0) is 21.0. The first-order valence-electron chi connectivity index (χ1n) is 9.50. The molecule has 6 nitrogen and oxygen atoms in total. The van der Waals surface area contributed by atoms with Crippen LogP contribution in [0, 0.1) is 5.82 Å². The molecule has 3 aromatic rings. The number of benzene rings is 1. The highest BCUT2D eigenvalue weighted by atomic mass is 32.1. The normalized spacial score (nSPS) is 12.4. The van der Waals surface area contributed by atoms with E-state index in [-0.39, 0.29) is 17.6 Å². The quantitative estimate of drug-likeness (QED) is 0.414. The van der Waals surface area contributed by atoms with Gasteiger partial charge in [0.2, 0.25) is 5.78 Å². The first kappa shape index (κ1) is 21.1. The maximum Gasteiger partial charge on any atom is 0.306 e. The number of H-pyrrole nitrogens is 1. The summed E-state index contributed by atoms with van der Waals surface area (Å²) in [6.45, 7) is 2.72. The Balaban J connectivity index is 1.71. The smallest absolute Gasteiger partial charge is 0.306 e. The molecule has 2 aromatic heterocycles. The number of hydrogen-bond acceptors (Lipinski definition) is 6. The van der Waals surface area contributed by atoms with Crippen molar-refractivity contribution < 1.29 is 18.7 Å². The fourth-order valence-electron chi connectivity index (χ4n) is 3.05. The molecule has 1 unspecified atom stereocenters. The molecule has 8 heteroatoms. The Morgan fingerprint density at radius 1 is 1.34 bits per heavy atom. The van der Waals surface area contributed by atoms with Crippen molar-refractivity contribution in [3.8, 4) is 0 Å². The molecule has 29 heavy (non-hydrogen) atoms. The minimum absolute atomic E-state index is 0.244. The van der Waals surface area contributed by atoms with Gasteiger partial charge in [-0.25, -0.2) is 9.37 Å². The lowest BCUT2D eigenvalue weighted by Crippen LogP contribution is -2.16. The SMILES string of the molecule is CCC(OC(=O)CCCN(C)C)c1csc(C(=O)c2c[nH]c3cc(F)ccc23)n1. The minimum atomic E-state index is -0.475. The molecule has 2 heterocycles. The van der Waals surface area contributed by atoms with E-state index in [1.807, 2.05) is 25.9 Å². The Morgan fingerprint density at radius 2 is 2.14 bits per heavy atom. The molecule has 0 spiro atoms. The number of nitrogens with one attached hydrogen (secondary N) is 1. The molecule has 0 bridgehead atoms. The van der Waals surface area contributed by atoms with Crippen molar-refractivity contribution in [3.63, 3.8) is 0 Å². The lowest BCUT2D eigenvalue weighted by atomic mass is 10.1. The van der Waals surface area contributed by atoms with E-state index in [0.717, 1.165) is 13.0 Å². The third-order valence-corrected chi connectivity index (χ3v) is 5.42. The molecular formula is C21H24FN3O3S. The van der Waals surface area contributed by atoms with Crippen LogP contribution in [0.1, 0.15) is 53.3 Å². The van der Waals surface area contributed by atoms with Gasteiger partial charge in [-0.2, -0.15) is 0 Å². The predicted octanol–water partition coefficient (Wildman–Crippen LogP) is 4.33. The molecule has 0 aliphatic heterocycles. The van der Waals surface area contributed by atoms with Gasteiger partial charge < -0.3 is 14.6 Å². The second kappa shape index (κ2) is 9.28. The summed E-state index contributed by atoms with van der Waals surface area (Å²) in [7, 11) is 3.91. The van der Waals surface area contributed by atoms with Crippen LogP contribution in [0.2, 0.25) is 0 Å². The summed E-state index contributed by atoms with van der Waals surface area (Å²) in [6, 6.07) is 4.25. The van der Waals surface area contributed by atoms with Crippen molar-refractivity contribution in [3.05, 3.63) is 51.9 Å². The van der Waals surface area contributed by atoms with Crippen molar-refractivity contribution in [1.29, 1.82) is 0 Å². The van der Waals surface area contributed by atoms with Gasteiger partial charge in [-0.1, -0.05) is 6.92 Å². The number of hydrogen-bond donors (Lipinski definition) is 1. The predicted molar refractivity (Wildman–Crippen MR) is 111 cm³/mol. The zero-order valence-electron chi connectivity index (χ0n) is 16.7. The Labute approximate surface area is 172 Å². The number of rotatable bonds is 9. The molecule has 0 saturated heterocycles. The molecule has 0 aliphatic carbocycles. The number of carbonyl (C=O) groups is 2. The number of ether oxygens (including phenoxy) is 1. The standard InChI is InChI=1S/C21H24FN3O3S/c1-4-18(28-19(26)6-5-9-25(2)3)17-12-29-21(24-17)20(27)15-11-23-16-10-13(22)7-8-14(15)16/h7-8,10-12,18,23H,4-6,9H2,1-3H3. The maximum atomic E-state index is 13.4. The maximum absolute atomic E-state index is 13.4. The molecule has 0 saturated carbocycles. The van der Waals surface area contributed by atoms with Gasteiger partial charge in [-0.15, -0.1) is 11.3 Å². The van der Waals surface area contributed by atoms with E-state index in [4.69, 9.17) is 4.74 Å². The zero-order valence-corrected chi connectivity index (χ0v) is 17.5. The highest BCUT2D eigenvalue weighted by Crippen LogP contribution is 2.27. The summed E-state index contributed by atoms with van der Waals surface area (Å²) < 4.78 is 18.9. The highest BCUT2D eigenvalue weighted by Gasteiger charge is 2.22. The van der Waals surface area contributed by atoms with E-state index >= 15 is 0 Å². The van der Waals surface area contributed by atoms with Crippen molar-refractivity contribution >= 4 is 34.0 Å². The van der Waals surface area contributed by atoms with Crippen molar-refractivity contribution in [1.82, 2.24) is 14.9 Å². The number of carbonyl (C=O) groups excluding carboxylic acids is 2. The van der Waals surface area contributed by atoms with Crippen LogP contribution in [-0.4, -0.2) is 47.3 Å². The molecular weight excluding hydrogens is 393 g/mol. The number of halogens is 1. The highest BCUT2D eigenvalue weighted by molar-refractivity contribution is 7.12. The summed E-state index contributed by atoms with van der Waals surface area (Å²) in [5.41, 5.74) is 1.57. The van der Waals surface area contributed by atoms with Crippen LogP contribution in [0.15, 0.2) is 29.8 Å². The van der Waals surface area contributed by atoms with Gasteiger partial charge in [0.25, 0.3) is 0 Å². The number of nitrogens with zero attached hydrogens (tertiary/aromatic N) is 2. The second-order valence-corrected chi connectivity index (χ2v) is 7.95. The van der Waals surface area contributed by atoms with E-state index in [1.54, 1.807) is 17.6 Å². The van der Waals surface area contributed by atoms with Gasteiger partial charge in [0, 0.05) is 28.9 Å². The summed E-state index contributed by atoms with van der Waals surface area (Å²) >= 11 is 1.21. The van der Waals surface area contributed by atoms with Gasteiger partial charge in [0.1, 0.15) is 11.9 Å². The van der Waals surface area contributed by atoms with E-state index in [0.29, 0.717) is 40.0 Å².